The highest BCUT2D eigenvalue weighted by atomic mass is 127. The minimum atomic E-state index is -0.354. The van der Waals surface area contributed by atoms with E-state index in [4.69, 9.17) is 0 Å². The lowest BCUT2D eigenvalue weighted by molar-refractivity contribution is -0.132. The Kier molecular flexibility index (Phi) is 4.39. The molecule has 0 fully saturated rings. The van der Waals surface area contributed by atoms with Crippen molar-refractivity contribution in [1.29, 1.82) is 0 Å². The van der Waals surface area contributed by atoms with E-state index in [0.717, 1.165) is 6.26 Å². The predicted octanol–water partition coefficient (Wildman–Crippen LogP) is 2.01. The summed E-state index contributed by atoms with van der Waals surface area (Å²) in [4.78, 5) is 10.6. The van der Waals surface area contributed by atoms with Crippen LogP contribution in [0.5, 0.6) is 0 Å². The maximum atomic E-state index is 10.6. The van der Waals surface area contributed by atoms with Crippen LogP contribution in [-0.4, -0.2) is 5.97 Å². The Morgan fingerprint density at radius 1 is 1.78 bits per heavy atom. The van der Waals surface area contributed by atoms with E-state index in [2.05, 4.69) is 11.3 Å². The Morgan fingerprint density at radius 2 is 2.33 bits per heavy atom. The van der Waals surface area contributed by atoms with Crippen LogP contribution in [-0.2, 0) is 9.53 Å². The molecule has 0 heterocycles. The zero-order valence-electron chi connectivity index (χ0n) is 5.06. The van der Waals surface area contributed by atoms with Crippen molar-refractivity contribution in [2.24, 2.45) is 0 Å². The number of hydrogen-bond acceptors (Lipinski definition) is 2. The third kappa shape index (κ3) is 3.29. The molecule has 0 radical (unpaired) electrons. The summed E-state index contributed by atoms with van der Waals surface area (Å²) in [5.41, 5.74) is 0. The molecule has 0 N–H and O–H groups in total. The maximum Gasteiger partial charge on any atom is 0.348 e. The van der Waals surface area contributed by atoms with E-state index in [0.29, 0.717) is 3.58 Å². The standard InChI is InChI=1S/C6H7IO2/c1-3-5(7)6(8)9-4-2/h3-4H,2H2,1H3. The third-order valence-corrected chi connectivity index (χ3v) is 1.70. The van der Waals surface area contributed by atoms with E-state index in [9.17, 15) is 4.79 Å². The van der Waals surface area contributed by atoms with Crippen molar-refractivity contribution >= 4 is 28.6 Å². The topological polar surface area (TPSA) is 26.3 Å². The van der Waals surface area contributed by atoms with Crippen LogP contribution in [0, 0.1) is 0 Å². The van der Waals surface area contributed by atoms with Gasteiger partial charge in [0.15, 0.2) is 0 Å². The summed E-state index contributed by atoms with van der Waals surface area (Å²) in [5, 5.41) is 0. The lowest BCUT2D eigenvalue weighted by Gasteiger charge is -1.93. The molecule has 0 aliphatic heterocycles. The van der Waals surface area contributed by atoms with E-state index in [1.165, 1.54) is 0 Å². The van der Waals surface area contributed by atoms with Gasteiger partial charge < -0.3 is 4.74 Å². The van der Waals surface area contributed by atoms with Gasteiger partial charge in [-0.25, -0.2) is 4.79 Å². The summed E-state index contributed by atoms with van der Waals surface area (Å²) in [6.45, 7) is 5.01. The SMILES string of the molecule is C=COC(=O)C(I)=CC. The maximum absolute atomic E-state index is 10.6. The lowest BCUT2D eigenvalue weighted by atomic mass is 10.5. The Bertz CT molecular complexity index is 149. The van der Waals surface area contributed by atoms with Gasteiger partial charge in [0, 0.05) is 0 Å². The Balaban J connectivity index is 3.88. The fraction of sp³-hybridized carbons (Fsp3) is 0.167. The summed E-state index contributed by atoms with van der Waals surface area (Å²) < 4.78 is 5.01. The van der Waals surface area contributed by atoms with Crippen LogP contribution < -0.4 is 0 Å². The Morgan fingerprint density at radius 3 is 2.67 bits per heavy atom. The van der Waals surface area contributed by atoms with Gasteiger partial charge >= 0.3 is 5.97 Å². The molecule has 0 saturated carbocycles. The molecule has 0 bridgehead atoms. The molecule has 0 unspecified atom stereocenters. The number of rotatable bonds is 2. The molecule has 0 spiro atoms. The fourth-order valence-electron chi connectivity index (χ4n) is 0.250. The lowest BCUT2D eigenvalue weighted by Crippen LogP contribution is -1.97. The molecule has 3 heteroatoms. The van der Waals surface area contributed by atoms with E-state index in [1.54, 1.807) is 13.0 Å². The van der Waals surface area contributed by atoms with Crippen LogP contribution in [0.3, 0.4) is 0 Å². The molecule has 0 saturated heterocycles. The van der Waals surface area contributed by atoms with Gasteiger partial charge in [-0.15, -0.1) is 0 Å². The predicted molar refractivity (Wildman–Crippen MR) is 44.1 cm³/mol. The average molecular weight is 238 g/mol. The van der Waals surface area contributed by atoms with E-state index >= 15 is 0 Å². The summed E-state index contributed by atoms with van der Waals surface area (Å²) >= 11 is 1.89. The smallest absolute Gasteiger partial charge is 0.348 e. The summed E-state index contributed by atoms with van der Waals surface area (Å²) in [6.07, 6.45) is 2.79. The van der Waals surface area contributed by atoms with Crippen molar-refractivity contribution < 1.29 is 9.53 Å². The van der Waals surface area contributed by atoms with Crippen LogP contribution >= 0.6 is 22.6 Å². The minimum Gasteiger partial charge on any atom is -0.431 e. The second-order valence-electron chi connectivity index (χ2n) is 1.21. The molecule has 0 rings (SSSR count). The zero-order valence-corrected chi connectivity index (χ0v) is 7.21. The molecule has 0 amide bonds. The first-order valence-corrected chi connectivity index (χ1v) is 3.44. The van der Waals surface area contributed by atoms with Crippen molar-refractivity contribution in [1.82, 2.24) is 0 Å². The van der Waals surface area contributed by atoms with Gasteiger partial charge in [0.2, 0.25) is 0 Å². The Labute approximate surface area is 67.7 Å². The third-order valence-electron chi connectivity index (χ3n) is 0.639. The molecule has 0 atom stereocenters. The quantitative estimate of drug-likeness (QED) is 0.318. The molecule has 50 valence electrons. The molecule has 0 aliphatic rings. The first-order chi connectivity index (χ1) is 4.22. The molecule has 0 aromatic heterocycles. The van der Waals surface area contributed by atoms with E-state index < -0.39 is 0 Å². The van der Waals surface area contributed by atoms with Gasteiger partial charge in [-0.3, -0.25) is 0 Å². The molecular weight excluding hydrogens is 231 g/mol. The van der Waals surface area contributed by atoms with Crippen molar-refractivity contribution in [2.75, 3.05) is 0 Å². The van der Waals surface area contributed by atoms with Gasteiger partial charge in [-0.1, -0.05) is 12.7 Å². The zero-order chi connectivity index (χ0) is 7.28. The van der Waals surface area contributed by atoms with Crippen molar-refractivity contribution in [3.8, 4) is 0 Å². The molecule has 0 aromatic carbocycles. The molecule has 9 heavy (non-hydrogen) atoms. The number of esters is 1. The molecule has 0 aromatic rings. The van der Waals surface area contributed by atoms with Crippen LogP contribution in [0.25, 0.3) is 0 Å². The van der Waals surface area contributed by atoms with Gasteiger partial charge in [-0.2, -0.15) is 0 Å². The van der Waals surface area contributed by atoms with Crippen LogP contribution in [0.4, 0.5) is 0 Å². The number of allylic oxidation sites excluding steroid dienone is 1. The summed E-state index contributed by atoms with van der Waals surface area (Å²) in [6, 6.07) is 0. The molecular formula is C6H7IO2. The van der Waals surface area contributed by atoms with Crippen molar-refractivity contribution in [2.45, 2.75) is 6.92 Å². The highest BCUT2D eigenvalue weighted by Gasteiger charge is 2.01. The van der Waals surface area contributed by atoms with Gasteiger partial charge in [0.1, 0.15) is 0 Å². The monoisotopic (exact) mass is 238 g/mol. The highest BCUT2D eigenvalue weighted by molar-refractivity contribution is 14.1. The first-order valence-electron chi connectivity index (χ1n) is 2.36. The molecule has 2 nitrogen and oxygen atoms in total. The van der Waals surface area contributed by atoms with Crippen molar-refractivity contribution in [3.05, 3.63) is 22.5 Å². The number of carbonyl (C=O) groups is 1. The van der Waals surface area contributed by atoms with Crippen LogP contribution in [0.15, 0.2) is 22.5 Å². The number of carbonyl (C=O) groups excluding carboxylic acids is 1. The highest BCUT2D eigenvalue weighted by Crippen LogP contribution is 2.06. The minimum absolute atomic E-state index is 0.354. The second-order valence-corrected chi connectivity index (χ2v) is 2.37. The van der Waals surface area contributed by atoms with Gasteiger partial charge in [0.05, 0.1) is 9.84 Å². The van der Waals surface area contributed by atoms with Gasteiger partial charge in [-0.05, 0) is 29.5 Å². The Hall–Kier alpha value is -0.320. The fourth-order valence-corrected chi connectivity index (χ4v) is 0.377. The van der Waals surface area contributed by atoms with Gasteiger partial charge in [0.25, 0.3) is 0 Å². The normalized spacial score (nSPS) is 10.7. The first kappa shape index (κ1) is 8.68. The summed E-state index contributed by atoms with van der Waals surface area (Å²) in [5.74, 6) is -0.354. The van der Waals surface area contributed by atoms with Crippen LogP contribution in [0.1, 0.15) is 6.92 Å². The molecule has 0 aliphatic carbocycles. The number of halogens is 1. The van der Waals surface area contributed by atoms with Crippen molar-refractivity contribution in [3.63, 3.8) is 0 Å². The average Bonchev–Trinajstić information content (AvgIpc) is 1.87. The number of ether oxygens (including phenoxy) is 1. The largest absolute Gasteiger partial charge is 0.431 e. The van der Waals surface area contributed by atoms with E-state index in [1.807, 2.05) is 22.6 Å². The summed E-state index contributed by atoms with van der Waals surface area (Å²) in [7, 11) is 0. The van der Waals surface area contributed by atoms with Crippen LogP contribution in [0.2, 0.25) is 0 Å². The van der Waals surface area contributed by atoms with E-state index in [-0.39, 0.29) is 5.97 Å². The number of hydrogen-bond donors (Lipinski definition) is 0. The second kappa shape index (κ2) is 4.55.